The lowest BCUT2D eigenvalue weighted by Crippen LogP contribution is -2.27. The number of hydrogen-bond donors (Lipinski definition) is 2. The molecule has 19 heavy (non-hydrogen) atoms. The molecule has 2 nitrogen and oxygen atoms in total. The Bertz CT molecular complexity index is 529. The molecule has 2 aromatic rings. The first-order chi connectivity index (χ1) is 9.11. The van der Waals surface area contributed by atoms with E-state index in [0.717, 1.165) is 11.1 Å². The van der Waals surface area contributed by atoms with Crippen molar-refractivity contribution in [2.75, 3.05) is 6.61 Å². The molecular weight excluding hydrogens is 301 g/mol. The van der Waals surface area contributed by atoms with Gasteiger partial charge in [-0.2, -0.15) is 0 Å². The van der Waals surface area contributed by atoms with Crippen molar-refractivity contribution in [1.82, 2.24) is 5.32 Å². The van der Waals surface area contributed by atoms with Crippen LogP contribution < -0.4 is 5.32 Å². The summed E-state index contributed by atoms with van der Waals surface area (Å²) in [6, 6.07) is 11.6. The predicted octanol–water partition coefficient (Wildman–Crippen LogP) is 4.44. The lowest BCUT2D eigenvalue weighted by atomic mass is 10.1. The lowest BCUT2D eigenvalue weighted by molar-refractivity contribution is 0.235. The highest BCUT2D eigenvalue weighted by molar-refractivity contribution is 7.20. The molecule has 0 bridgehead atoms. The van der Waals surface area contributed by atoms with E-state index < -0.39 is 0 Å². The predicted molar refractivity (Wildman–Crippen MR) is 82.2 cm³/mol. The maximum atomic E-state index is 9.53. The van der Waals surface area contributed by atoms with Gasteiger partial charge in [0, 0.05) is 6.04 Å². The van der Waals surface area contributed by atoms with E-state index in [1.807, 2.05) is 43.3 Å². The molecule has 0 spiro atoms. The third kappa shape index (κ3) is 3.71. The van der Waals surface area contributed by atoms with Crippen molar-refractivity contribution >= 4 is 34.5 Å². The van der Waals surface area contributed by atoms with E-state index in [9.17, 15) is 5.11 Å². The van der Waals surface area contributed by atoms with Crippen molar-refractivity contribution in [2.45, 2.75) is 19.0 Å². The fraction of sp³-hybridized carbons (Fsp3) is 0.286. The van der Waals surface area contributed by atoms with E-state index in [1.54, 1.807) is 0 Å². The van der Waals surface area contributed by atoms with E-state index in [1.165, 1.54) is 11.3 Å². The molecular formula is C14H15Cl2NOS. The Morgan fingerprint density at radius 3 is 2.47 bits per heavy atom. The second-order valence-electron chi connectivity index (χ2n) is 4.31. The van der Waals surface area contributed by atoms with Crippen LogP contribution in [0.15, 0.2) is 36.4 Å². The minimum Gasteiger partial charge on any atom is -0.394 e. The van der Waals surface area contributed by atoms with Gasteiger partial charge in [0.05, 0.1) is 21.3 Å². The van der Waals surface area contributed by atoms with Crippen LogP contribution in [0.3, 0.4) is 0 Å². The molecule has 102 valence electrons. The smallest absolute Gasteiger partial charge is 0.0991 e. The highest BCUT2D eigenvalue weighted by Crippen LogP contribution is 2.35. The fourth-order valence-electron chi connectivity index (χ4n) is 1.98. The summed E-state index contributed by atoms with van der Waals surface area (Å²) in [6.07, 6.45) is 0. The van der Waals surface area contributed by atoms with Gasteiger partial charge in [-0.1, -0.05) is 53.5 Å². The van der Waals surface area contributed by atoms with Crippen molar-refractivity contribution in [2.24, 2.45) is 0 Å². The molecule has 2 rings (SSSR count). The zero-order valence-corrected chi connectivity index (χ0v) is 12.8. The summed E-state index contributed by atoms with van der Waals surface area (Å²) in [6.45, 7) is 2.04. The van der Waals surface area contributed by atoms with Gasteiger partial charge < -0.3 is 10.4 Å². The van der Waals surface area contributed by atoms with Gasteiger partial charge in [0.15, 0.2) is 0 Å². The molecule has 0 aliphatic carbocycles. The number of nitrogens with one attached hydrogen (secondary N) is 1. The molecule has 0 fully saturated rings. The largest absolute Gasteiger partial charge is 0.394 e. The van der Waals surface area contributed by atoms with E-state index in [2.05, 4.69) is 5.32 Å². The van der Waals surface area contributed by atoms with Gasteiger partial charge in [0.25, 0.3) is 0 Å². The summed E-state index contributed by atoms with van der Waals surface area (Å²) < 4.78 is 1.36. The lowest BCUT2D eigenvalue weighted by Gasteiger charge is -2.22. The van der Waals surface area contributed by atoms with Crippen LogP contribution in [-0.4, -0.2) is 11.7 Å². The van der Waals surface area contributed by atoms with Gasteiger partial charge in [0.2, 0.25) is 0 Å². The van der Waals surface area contributed by atoms with Crippen LogP contribution >= 0.6 is 34.5 Å². The standard InChI is InChI=1S/C14H15Cl2NOS/c1-9(11-7-13(15)19-14(11)16)17-12(8-18)10-5-3-2-4-6-10/h2-7,9,12,17-18H,8H2,1H3/t9?,12-/m1/s1. The normalized spacial score (nSPS) is 14.3. The Kier molecular flexibility index (Phi) is 5.25. The second-order valence-corrected chi connectivity index (χ2v) is 6.60. The van der Waals surface area contributed by atoms with Crippen LogP contribution in [0.2, 0.25) is 8.67 Å². The molecule has 1 unspecified atom stereocenters. The van der Waals surface area contributed by atoms with Crippen molar-refractivity contribution < 1.29 is 5.11 Å². The third-order valence-electron chi connectivity index (χ3n) is 2.99. The van der Waals surface area contributed by atoms with Crippen LogP contribution in [-0.2, 0) is 0 Å². The zero-order chi connectivity index (χ0) is 13.8. The molecule has 0 radical (unpaired) electrons. The Labute approximate surface area is 127 Å². The molecule has 0 amide bonds. The fourth-order valence-corrected chi connectivity index (χ4v) is 3.63. The summed E-state index contributed by atoms with van der Waals surface area (Å²) in [5.41, 5.74) is 2.01. The van der Waals surface area contributed by atoms with Crippen molar-refractivity contribution in [3.8, 4) is 0 Å². The van der Waals surface area contributed by atoms with E-state index >= 15 is 0 Å². The van der Waals surface area contributed by atoms with Crippen LogP contribution in [0.25, 0.3) is 0 Å². The number of aliphatic hydroxyl groups is 1. The first-order valence-corrected chi connectivity index (χ1v) is 7.55. The maximum absolute atomic E-state index is 9.53. The summed E-state index contributed by atoms with van der Waals surface area (Å²) in [4.78, 5) is 0. The highest BCUT2D eigenvalue weighted by Gasteiger charge is 2.18. The maximum Gasteiger partial charge on any atom is 0.0991 e. The monoisotopic (exact) mass is 315 g/mol. The summed E-state index contributed by atoms with van der Waals surface area (Å²) in [5, 5.41) is 12.9. The molecule has 1 aromatic carbocycles. The molecule has 1 heterocycles. The Morgan fingerprint density at radius 1 is 1.26 bits per heavy atom. The molecule has 0 saturated heterocycles. The molecule has 5 heteroatoms. The van der Waals surface area contributed by atoms with E-state index in [4.69, 9.17) is 23.2 Å². The summed E-state index contributed by atoms with van der Waals surface area (Å²) in [7, 11) is 0. The van der Waals surface area contributed by atoms with Gasteiger partial charge in [0.1, 0.15) is 0 Å². The minimum atomic E-state index is -0.119. The molecule has 2 N–H and O–H groups in total. The number of thiophene rings is 1. The SMILES string of the molecule is CC(N[C@H](CO)c1ccccc1)c1cc(Cl)sc1Cl. The zero-order valence-electron chi connectivity index (χ0n) is 10.4. The molecule has 0 aliphatic rings. The van der Waals surface area contributed by atoms with E-state index in [0.29, 0.717) is 8.67 Å². The second kappa shape index (κ2) is 6.73. The van der Waals surface area contributed by atoms with Crippen molar-refractivity contribution in [3.05, 3.63) is 56.2 Å². The van der Waals surface area contributed by atoms with Crippen LogP contribution in [0.1, 0.15) is 30.1 Å². The molecule has 1 aromatic heterocycles. The van der Waals surface area contributed by atoms with E-state index in [-0.39, 0.29) is 18.7 Å². The van der Waals surface area contributed by atoms with Crippen molar-refractivity contribution in [1.29, 1.82) is 0 Å². The third-order valence-corrected chi connectivity index (χ3v) is 4.50. The van der Waals surface area contributed by atoms with Crippen LogP contribution in [0, 0.1) is 0 Å². The number of aliphatic hydroxyl groups excluding tert-OH is 1. The van der Waals surface area contributed by atoms with Gasteiger partial charge in [-0.3, -0.25) is 0 Å². The Balaban J connectivity index is 2.13. The highest BCUT2D eigenvalue weighted by atomic mass is 35.5. The van der Waals surface area contributed by atoms with Gasteiger partial charge in [-0.25, -0.2) is 0 Å². The molecule has 0 saturated carbocycles. The van der Waals surface area contributed by atoms with Crippen molar-refractivity contribution in [3.63, 3.8) is 0 Å². The Morgan fingerprint density at radius 2 is 1.95 bits per heavy atom. The van der Waals surface area contributed by atoms with Crippen LogP contribution in [0.4, 0.5) is 0 Å². The molecule has 0 aliphatic heterocycles. The van der Waals surface area contributed by atoms with Gasteiger partial charge >= 0.3 is 0 Å². The minimum absolute atomic E-state index is 0.0219. The average molecular weight is 316 g/mol. The summed E-state index contributed by atoms with van der Waals surface area (Å²) in [5.74, 6) is 0. The number of halogens is 2. The number of benzene rings is 1. The van der Waals surface area contributed by atoms with Crippen LogP contribution in [0.5, 0.6) is 0 Å². The number of hydrogen-bond acceptors (Lipinski definition) is 3. The number of rotatable bonds is 5. The topological polar surface area (TPSA) is 32.3 Å². The first kappa shape index (κ1) is 14.8. The van der Waals surface area contributed by atoms with Gasteiger partial charge in [-0.05, 0) is 24.1 Å². The quantitative estimate of drug-likeness (QED) is 0.855. The summed E-state index contributed by atoms with van der Waals surface area (Å²) >= 11 is 13.5. The van der Waals surface area contributed by atoms with Gasteiger partial charge in [-0.15, -0.1) is 11.3 Å². The Hall–Kier alpha value is -0.580. The molecule has 2 atom stereocenters. The first-order valence-electron chi connectivity index (χ1n) is 5.98. The average Bonchev–Trinajstić information content (AvgIpc) is 2.76.